The van der Waals surface area contributed by atoms with Gasteiger partial charge in [0.2, 0.25) is 0 Å². The number of sulfonamides is 1. The van der Waals surface area contributed by atoms with Crippen molar-refractivity contribution in [2.24, 2.45) is 4.40 Å². The van der Waals surface area contributed by atoms with Crippen LogP contribution in [0, 0.1) is 6.92 Å². The molecule has 0 saturated carbocycles. The van der Waals surface area contributed by atoms with Crippen LogP contribution in [0.5, 0.6) is 0 Å². The number of carbonyl (C=O) groups is 1. The van der Waals surface area contributed by atoms with E-state index in [0.717, 1.165) is 29.8 Å². The SMILES string of the molecule is Cc1nc2ccccc2n1CCCNC(=O)C1=CN2CCS(=O)(=O)N=C2C=C1. The number of benzene rings is 1. The summed E-state index contributed by atoms with van der Waals surface area (Å²) in [4.78, 5) is 18.6. The van der Waals surface area contributed by atoms with E-state index in [2.05, 4.69) is 19.3 Å². The number of amides is 1. The van der Waals surface area contributed by atoms with E-state index in [1.165, 1.54) is 0 Å². The minimum absolute atomic E-state index is 0.0477. The summed E-state index contributed by atoms with van der Waals surface area (Å²) in [6, 6.07) is 8.00. The maximum Gasteiger partial charge on any atom is 0.256 e. The highest BCUT2D eigenvalue weighted by Crippen LogP contribution is 2.17. The van der Waals surface area contributed by atoms with Crippen molar-refractivity contribution >= 4 is 32.8 Å². The first-order chi connectivity index (χ1) is 13.4. The Labute approximate surface area is 163 Å². The molecule has 0 aliphatic carbocycles. The molecule has 0 saturated heterocycles. The molecule has 0 bridgehead atoms. The lowest BCUT2D eigenvalue weighted by Gasteiger charge is -2.26. The Bertz CT molecular complexity index is 1130. The number of hydrogen-bond donors (Lipinski definition) is 1. The molecule has 28 heavy (non-hydrogen) atoms. The number of aryl methyl sites for hydroxylation is 2. The van der Waals surface area contributed by atoms with Gasteiger partial charge in [0.25, 0.3) is 15.9 Å². The number of amidine groups is 1. The Kier molecular flexibility index (Phi) is 4.76. The third kappa shape index (κ3) is 3.70. The van der Waals surface area contributed by atoms with Gasteiger partial charge >= 0.3 is 0 Å². The predicted octanol–water partition coefficient (Wildman–Crippen LogP) is 1.35. The van der Waals surface area contributed by atoms with Gasteiger partial charge in [-0.3, -0.25) is 4.79 Å². The second kappa shape index (κ2) is 7.23. The van der Waals surface area contributed by atoms with Crippen molar-refractivity contribution in [3.8, 4) is 0 Å². The summed E-state index contributed by atoms with van der Waals surface area (Å²) < 4.78 is 28.9. The summed E-state index contributed by atoms with van der Waals surface area (Å²) in [5.41, 5.74) is 2.56. The Morgan fingerprint density at radius 1 is 1.25 bits per heavy atom. The Morgan fingerprint density at radius 3 is 2.93 bits per heavy atom. The molecule has 1 amide bonds. The smallest absolute Gasteiger partial charge is 0.256 e. The lowest BCUT2D eigenvalue weighted by atomic mass is 10.1. The molecule has 146 valence electrons. The average Bonchev–Trinajstić information content (AvgIpc) is 2.99. The van der Waals surface area contributed by atoms with Gasteiger partial charge in [0.05, 0.1) is 22.4 Å². The van der Waals surface area contributed by atoms with Gasteiger partial charge in [-0.05, 0) is 37.6 Å². The fourth-order valence-corrected chi connectivity index (χ4v) is 4.32. The molecule has 2 aliphatic heterocycles. The van der Waals surface area contributed by atoms with E-state index in [4.69, 9.17) is 0 Å². The molecule has 1 N–H and O–H groups in total. The van der Waals surface area contributed by atoms with Gasteiger partial charge in [0.1, 0.15) is 11.7 Å². The molecule has 2 aromatic rings. The van der Waals surface area contributed by atoms with E-state index in [0.29, 0.717) is 24.5 Å². The molecule has 4 rings (SSSR count). The zero-order chi connectivity index (χ0) is 19.7. The van der Waals surface area contributed by atoms with E-state index >= 15 is 0 Å². The van der Waals surface area contributed by atoms with Crippen LogP contribution in [0.3, 0.4) is 0 Å². The van der Waals surface area contributed by atoms with Gasteiger partial charge in [-0.2, -0.15) is 0 Å². The fraction of sp³-hybridized carbons (Fsp3) is 0.316. The van der Waals surface area contributed by atoms with E-state index < -0.39 is 10.0 Å². The van der Waals surface area contributed by atoms with Gasteiger partial charge in [0.15, 0.2) is 0 Å². The summed E-state index contributed by atoms with van der Waals surface area (Å²) in [7, 11) is -3.39. The van der Waals surface area contributed by atoms with Crippen LogP contribution in [0.4, 0.5) is 0 Å². The number of rotatable bonds is 5. The van der Waals surface area contributed by atoms with Crippen molar-refractivity contribution in [3.05, 3.63) is 54.0 Å². The molecule has 0 atom stereocenters. The number of aromatic nitrogens is 2. The number of imidazole rings is 1. The molecule has 8 nitrogen and oxygen atoms in total. The maximum absolute atomic E-state index is 12.4. The molecular formula is C19H21N5O3S. The van der Waals surface area contributed by atoms with Crippen LogP contribution in [0.15, 0.2) is 52.6 Å². The summed E-state index contributed by atoms with van der Waals surface area (Å²) in [5, 5.41) is 2.92. The largest absolute Gasteiger partial charge is 0.352 e. The zero-order valence-electron chi connectivity index (χ0n) is 15.5. The van der Waals surface area contributed by atoms with Gasteiger partial charge < -0.3 is 14.8 Å². The van der Waals surface area contributed by atoms with E-state index in [-0.39, 0.29) is 11.7 Å². The number of nitrogens with zero attached hydrogens (tertiary/aromatic N) is 4. The lowest BCUT2D eigenvalue weighted by molar-refractivity contribution is -0.117. The van der Waals surface area contributed by atoms with Crippen LogP contribution < -0.4 is 5.32 Å². The van der Waals surface area contributed by atoms with E-state index in [1.807, 2.05) is 31.2 Å². The average molecular weight is 399 g/mol. The van der Waals surface area contributed by atoms with Crippen LogP contribution in [-0.4, -0.2) is 53.5 Å². The molecule has 0 unspecified atom stereocenters. The molecule has 0 fully saturated rings. The van der Waals surface area contributed by atoms with Crippen LogP contribution in [0.1, 0.15) is 12.2 Å². The normalized spacial score (nSPS) is 17.8. The quantitative estimate of drug-likeness (QED) is 0.766. The fourth-order valence-electron chi connectivity index (χ4n) is 3.35. The third-order valence-electron chi connectivity index (χ3n) is 4.78. The first-order valence-corrected chi connectivity index (χ1v) is 10.7. The highest BCUT2D eigenvalue weighted by molar-refractivity contribution is 7.90. The molecular weight excluding hydrogens is 378 g/mol. The molecule has 9 heteroatoms. The minimum Gasteiger partial charge on any atom is -0.352 e. The summed E-state index contributed by atoms with van der Waals surface area (Å²) >= 11 is 0. The second-order valence-corrected chi connectivity index (χ2v) is 8.51. The lowest BCUT2D eigenvalue weighted by Crippen LogP contribution is -2.38. The first-order valence-electron chi connectivity index (χ1n) is 9.12. The van der Waals surface area contributed by atoms with E-state index in [9.17, 15) is 13.2 Å². The minimum atomic E-state index is -3.39. The van der Waals surface area contributed by atoms with Crippen molar-refractivity contribution < 1.29 is 13.2 Å². The highest BCUT2D eigenvalue weighted by atomic mass is 32.2. The van der Waals surface area contributed by atoms with Crippen molar-refractivity contribution in [2.45, 2.75) is 19.9 Å². The number of hydrogen-bond acceptors (Lipinski definition) is 5. The van der Waals surface area contributed by atoms with Crippen molar-refractivity contribution in [1.29, 1.82) is 0 Å². The monoisotopic (exact) mass is 399 g/mol. The topological polar surface area (TPSA) is 96.7 Å². The second-order valence-electron chi connectivity index (χ2n) is 6.76. The molecule has 1 aromatic carbocycles. The standard InChI is InChI=1S/C19H21N5O3S/c1-14-21-16-5-2-3-6-17(16)24(14)10-4-9-20-19(25)15-7-8-18-22-28(26,27)12-11-23(18)13-15/h2-3,5-8,13H,4,9-12H2,1H3,(H,20,25). The first kappa shape index (κ1) is 18.4. The zero-order valence-corrected chi connectivity index (χ0v) is 16.3. The maximum atomic E-state index is 12.4. The van der Waals surface area contributed by atoms with Crippen molar-refractivity contribution in [1.82, 2.24) is 19.8 Å². The molecule has 3 heterocycles. The highest BCUT2D eigenvalue weighted by Gasteiger charge is 2.24. The van der Waals surface area contributed by atoms with E-state index in [1.54, 1.807) is 23.3 Å². The van der Waals surface area contributed by atoms with Crippen LogP contribution in [0.2, 0.25) is 0 Å². The Hall–Kier alpha value is -2.94. The van der Waals surface area contributed by atoms with Crippen molar-refractivity contribution in [3.63, 3.8) is 0 Å². The van der Waals surface area contributed by atoms with Crippen LogP contribution in [0.25, 0.3) is 11.0 Å². The number of nitrogens with one attached hydrogen (secondary N) is 1. The number of para-hydroxylation sites is 2. The number of carbonyl (C=O) groups excluding carboxylic acids is 1. The summed E-state index contributed by atoms with van der Waals surface area (Å²) in [6.45, 7) is 3.58. The van der Waals surface area contributed by atoms with Gasteiger partial charge in [-0.1, -0.05) is 12.1 Å². The molecule has 1 aromatic heterocycles. The van der Waals surface area contributed by atoms with Gasteiger partial charge in [-0.25, -0.2) is 13.4 Å². The molecule has 0 radical (unpaired) electrons. The predicted molar refractivity (Wildman–Crippen MR) is 107 cm³/mol. The number of fused-ring (bicyclic) bond motifs is 2. The third-order valence-corrected chi connectivity index (χ3v) is 5.94. The molecule has 2 aliphatic rings. The summed E-state index contributed by atoms with van der Waals surface area (Å²) in [5.74, 6) is 1.08. The summed E-state index contributed by atoms with van der Waals surface area (Å²) in [6.07, 6.45) is 5.58. The van der Waals surface area contributed by atoms with Gasteiger partial charge in [0, 0.05) is 25.8 Å². The molecule has 0 spiro atoms. The Morgan fingerprint density at radius 2 is 2.07 bits per heavy atom. The van der Waals surface area contributed by atoms with Gasteiger partial charge in [-0.15, -0.1) is 4.40 Å². The van der Waals surface area contributed by atoms with Crippen LogP contribution >= 0.6 is 0 Å². The van der Waals surface area contributed by atoms with Crippen molar-refractivity contribution in [2.75, 3.05) is 18.8 Å². The van der Waals surface area contributed by atoms with Crippen LogP contribution in [-0.2, 0) is 21.4 Å². The Balaban J connectivity index is 1.34.